The van der Waals surface area contributed by atoms with Gasteiger partial charge in [-0.2, -0.15) is 13.2 Å². The lowest BCUT2D eigenvalue weighted by Crippen LogP contribution is -2.12. The normalized spacial score (nSPS) is 13.1. The van der Waals surface area contributed by atoms with Gasteiger partial charge in [-0.05, 0) is 35.4 Å². The van der Waals surface area contributed by atoms with Crippen LogP contribution in [0.1, 0.15) is 22.7 Å². The van der Waals surface area contributed by atoms with Crippen molar-refractivity contribution in [3.05, 3.63) is 65.2 Å². The molecule has 0 fully saturated rings. The molecule has 0 heterocycles. The van der Waals surface area contributed by atoms with Gasteiger partial charge in [-0.1, -0.05) is 24.3 Å². The zero-order valence-electron chi connectivity index (χ0n) is 10.8. The summed E-state index contributed by atoms with van der Waals surface area (Å²) in [5.74, 6) is 0.657. The summed E-state index contributed by atoms with van der Waals surface area (Å²) < 4.78 is 42.6. The highest BCUT2D eigenvalue weighted by Gasteiger charge is 2.30. The number of hydrogen-bond donors (Lipinski definition) is 1. The van der Waals surface area contributed by atoms with Crippen LogP contribution in [-0.2, 0) is 6.18 Å². The number of methoxy groups -OCH3 is 1. The number of nitrogens with two attached hydrogens (primary N) is 1. The Balaban J connectivity index is 2.26. The van der Waals surface area contributed by atoms with Gasteiger partial charge in [0.1, 0.15) is 5.75 Å². The maximum absolute atomic E-state index is 12.5. The van der Waals surface area contributed by atoms with Crippen molar-refractivity contribution in [2.24, 2.45) is 5.73 Å². The molecule has 0 aliphatic heterocycles. The van der Waals surface area contributed by atoms with E-state index in [1.54, 1.807) is 25.3 Å². The monoisotopic (exact) mass is 281 g/mol. The zero-order chi connectivity index (χ0) is 14.8. The maximum atomic E-state index is 12.5. The van der Waals surface area contributed by atoms with Gasteiger partial charge in [-0.3, -0.25) is 0 Å². The van der Waals surface area contributed by atoms with E-state index in [4.69, 9.17) is 10.5 Å². The lowest BCUT2D eigenvalue weighted by molar-refractivity contribution is -0.137. The van der Waals surface area contributed by atoms with E-state index in [9.17, 15) is 13.2 Å². The summed E-state index contributed by atoms with van der Waals surface area (Å²) in [4.78, 5) is 0. The van der Waals surface area contributed by atoms with Crippen molar-refractivity contribution in [1.29, 1.82) is 0 Å². The fourth-order valence-corrected chi connectivity index (χ4v) is 1.91. The molecule has 0 aliphatic carbocycles. The second kappa shape index (κ2) is 5.54. The first-order chi connectivity index (χ1) is 9.41. The SMILES string of the molecule is COc1cccc(C(N)c2ccc(C(F)(F)F)cc2)c1. The van der Waals surface area contributed by atoms with Gasteiger partial charge in [-0.25, -0.2) is 0 Å². The molecule has 0 aliphatic rings. The van der Waals surface area contributed by atoms with Crippen molar-refractivity contribution >= 4 is 0 Å². The first kappa shape index (κ1) is 14.4. The van der Waals surface area contributed by atoms with E-state index in [1.165, 1.54) is 12.1 Å². The Morgan fingerprint density at radius 3 is 2.20 bits per heavy atom. The van der Waals surface area contributed by atoms with Gasteiger partial charge >= 0.3 is 6.18 Å². The highest BCUT2D eigenvalue weighted by atomic mass is 19.4. The average Bonchev–Trinajstić information content (AvgIpc) is 2.46. The summed E-state index contributed by atoms with van der Waals surface area (Å²) in [5.41, 5.74) is 6.78. The largest absolute Gasteiger partial charge is 0.497 e. The summed E-state index contributed by atoms with van der Waals surface area (Å²) >= 11 is 0. The highest BCUT2D eigenvalue weighted by molar-refractivity contribution is 5.37. The molecule has 0 saturated carbocycles. The van der Waals surface area contributed by atoms with Crippen LogP contribution in [0.25, 0.3) is 0 Å². The quantitative estimate of drug-likeness (QED) is 0.929. The van der Waals surface area contributed by atoms with Crippen LogP contribution < -0.4 is 10.5 Å². The van der Waals surface area contributed by atoms with Gasteiger partial charge in [-0.15, -0.1) is 0 Å². The Morgan fingerprint density at radius 2 is 1.65 bits per heavy atom. The summed E-state index contributed by atoms with van der Waals surface area (Å²) in [7, 11) is 1.54. The van der Waals surface area contributed by atoms with Crippen molar-refractivity contribution in [2.75, 3.05) is 7.11 Å². The van der Waals surface area contributed by atoms with Crippen LogP contribution in [-0.4, -0.2) is 7.11 Å². The van der Waals surface area contributed by atoms with Crippen molar-refractivity contribution in [1.82, 2.24) is 0 Å². The van der Waals surface area contributed by atoms with E-state index in [0.717, 1.165) is 17.7 Å². The van der Waals surface area contributed by atoms with Crippen molar-refractivity contribution in [3.8, 4) is 5.75 Å². The summed E-state index contributed by atoms with van der Waals surface area (Å²) in [6.45, 7) is 0. The first-order valence-electron chi connectivity index (χ1n) is 5.98. The third kappa shape index (κ3) is 3.11. The van der Waals surface area contributed by atoms with Crippen LogP contribution in [0.2, 0.25) is 0 Å². The third-order valence-electron chi connectivity index (χ3n) is 3.05. The molecule has 2 aromatic carbocycles. The van der Waals surface area contributed by atoms with Crippen molar-refractivity contribution in [3.63, 3.8) is 0 Å². The van der Waals surface area contributed by atoms with Crippen molar-refractivity contribution in [2.45, 2.75) is 12.2 Å². The van der Waals surface area contributed by atoms with Crippen molar-refractivity contribution < 1.29 is 17.9 Å². The van der Waals surface area contributed by atoms with Crippen LogP contribution in [0.3, 0.4) is 0 Å². The van der Waals surface area contributed by atoms with Crippen LogP contribution in [0, 0.1) is 0 Å². The molecule has 2 rings (SSSR count). The fourth-order valence-electron chi connectivity index (χ4n) is 1.91. The van der Waals surface area contributed by atoms with E-state index >= 15 is 0 Å². The minimum Gasteiger partial charge on any atom is -0.497 e. The molecule has 106 valence electrons. The first-order valence-corrected chi connectivity index (χ1v) is 5.98. The predicted octanol–water partition coefficient (Wildman–Crippen LogP) is 3.76. The van der Waals surface area contributed by atoms with Gasteiger partial charge in [0.25, 0.3) is 0 Å². The Kier molecular flexibility index (Phi) is 3.99. The molecule has 0 spiro atoms. The van der Waals surface area contributed by atoms with E-state index in [-0.39, 0.29) is 0 Å². The lowest BCUT2D eigenvalue weighted by Gasteiger charge is -2.15. The van der Waals surface area contributed by atoms with Crippen LogP contribution in [0.15, 0.2) is 48.5 Å². The molecule has 1 atom stereocenters. The second-order valence-electron chi connectivity index (χ2n) is 4.37. The third-order valence-corrected chi connectivity index (χ3v) is 3.05. The van der Waals surface area contributed by atoms with E-state index in [1.807, 2.05) is 6.07 Å². The minimum atomic E-state index is -4.33. The van der Waals surface area contributed by atoms with Gasteiger partial charge < -0.3 is 10.5 Å². The minimum absolute atomic E-state index is 0.493. The molecule has 1 unspecified atom stereocenters. The number of alkyl halides is 3. The second-order valence-corrected chi connectivity index (χ2v) is 4.37. The molecule has 2 N–H and O–H groups in total. The highest BCUT2D eigenvalue weighted by Crippen LogP contribution is 2.30. The number of benzene rings is 2. The topological polar surface area (TPSA) is 35.2 Å². The number of hydrogen-bond acceptors (Lipinski definition) is 2. The Morgan fingerprint density at radius 1 is 1.00 bits per heavy atom. The van der Waals surface area contributed by atoms with Gasteiger partial charge in [0.05, 0.1) is 18.7 Å². The fraction of sp³-hybridized carbons (Fsp3) is 0.200. The average molecular weight is 281 g/mol. The molecule has 0 aromatic heterocycles. The van der Waals surface area contributed by atoms with Gasteiger partial charge in [0, 0.05) is 0 Å². The number of halogens is 3. The van der Waals surface area contributed by atoms with Gasteiger partial charge in [0.2, 0.25) is 0 Å². The Hall–Kier alpha value is -2.01. The zero-order valence-corrected chi connectivity index (χ0v) is 10.8. The van der Waals surface area contributed by atoms with Gasteiger partial charge in [0.15, 0.2) is 0 Å². The molecular formula is C15H14F3NO. The maximum Gasteiger partial charge on any atom is 0.416 e. The van der Waals surface area contributed by atoms with E-state index in [0.29, 0.717) is 11.3 Å². The smallest absolute Gasteiger partial charge is 0.416 e. The summed E-state index contributed by atoms with van der Waals surface area (Å²) in [6, 6.07) is 11.5. The predicted molar refractivity (Wildman–Crippen MR) is 70.5 cm³/mol. The Labute approximate surface area is 115 Å². The summed E-state index contributed by atoms with van der Waals surface area (Å²) in [5, 5.41) is 0. The molecule has 0 bridgehead atoms. The van der Waals surface area contributed by atoms with E-state index in [2.05, 4.69) is 0 Å². The summed E-state index contributed by atoms with van der Waals surface area (Å²) in [6.07, 6.45) is -4.33. The van der Waals surface area contributed by atoms with Crippen LogP contribution in [0.4, 0.5) is 13.2 Å². The van der Waals surface area contributed by atoms with E-state index < -0.39 is 17.8 Å². The molecule has 2 nitrogen and oxygen atoms in total. The van der Waals surface area contributed by atoms with Crippen LogP contribution >= 0.6 is 0 Å². The molecule has 5 heteroatoms. The molecule has 20 heavy (non-hydrogen) atoms. The number of rotatable bonds is 3. The van der Waals surface area contributed by atoms with Crippen LogP contribution in [0.5, 0.6) is 5.75 Å². The molecule has 0 radical (unpaired) electrons. The molecule has 0 saturated heterocycles. The number of ether oxygens (including phenoxy) is 1. The molecule has 2 aromatic rings. The standard InChI is InChI=1S/C15H14F3NO/c1-20-13-4-2-3-11(9-13)14(19)10-5-7-12(8-6-10)15(16,17)18/h2-9,14H,19H2,1H3. The molecular weight excluding hydrogens is 267 g/mol. The lowest BCUT2D eigenvalue weighted by atomic mass is 9.98. The Bertz CT molecular complexity index is 578. The molecule has 0 amide bonds.